The maximum absolute atomic E-state index is 12.0. The first-order valence-electron chi connectivity index (χ1n) is 9.50. The largest absolute Gasteiger partial charge is 0.493 e. The number of esters is 1. The summed E-state index contributed by atoms with van der Waals surface area (Å²) in [6.07, 6.45) is 5.81. The Morgan fingerprint density at radius 3 is 3.00 bits per heavy atom. The molecule has 27 heavy (non-hydrogen) atoms. The predicted molar refractivity (Wildman–Crippen MR) is 100 cm³/mol. The van der Waals surface area contributed by atoms with Gasteiger partial charge in [-0.1, -0.05) is 12.1 Å². The van der Waals surface area contributed by atoms with E-state index in [1.165, 1.54) is 11.1 Å². The van der Waals surface area contributed by atoms with E-state index in [-0.39, 0.29) is 30.0 Å². The van der Waals surface area contributed by atoms with Crippen LogP contribution in [0.2, 0.25) is 0 Å². The third-order valence-corrected chi connectivity index (χ3v) is 5.92. The molecule has 6 heteroatoms. The average Bonchev–Trinajstić information content (AvgIpc) is 2.92. The van der Waals surface area contributed by atoms with Gasteiger partial charge in [0.05, 0.1) is 25.6 Å². The Bertz CT molecular complexity index is 761. The van der Waals surface area contributed by atoms with E-state index in [9.17, 15) is 4.79 Å². The summed E-state index contributed by atoms with van der Waals surface area (Å²) in [5.74, 6) is 1.39. The summed E-state index contributed by atoms with van der Waals surface area (Å²) in [4.78, 5) is 14.3. The summed E-state index contributed by atoms with van der Waals surface area (Å²) in [6, 6.07) is 4.14. The highest BCUT2D eigenvalue weighted by molar-refractivity contribution is 5.70. The molecule has 2 heterocycles. The lowest BCUT2D eigenvalue weighted by molar-refractivity contribution is -0.149. The van der Waals surface area contributed by atoms with Crippen molar-refractivity contribution in [1.82, 2.24) is 4.90 Å². The quantitative estimate of drug-likeness (QED) is 0.584. The van der Waals surface area contributed by atoms with Crippen LogP contribution in [0.5, 0.6) is 11.5 Å². The Labute approximate surface area is 160 Å². The van der Waals surface area contributed by atoms with Crippen molar-refractivity contribution in [2.45, 2.75) is 43.4 Å². The van der Waals surface area contributed by atoms with Crippen molar-refractivity contribution < 1.29 is 23.7 Å². The topological polar surface area (TPSA) is 57.2 Å². The van der Waals surface area contributed by atoms with Crippen molar-refractivity contribution in [3.8, 4) is 11.5 Å². The van der Waals surface area contributed by atoms with E-state index in [0.29, 0.717) is 13.0 Å². The molecular weight excluding hydrogens is 346 g/mol. The molecule has 1 spiro atoms. The minimum Gasteiger partial charge on any atom is -0.493 e. The van der Waals surface area contributed by atoms with Gasteiger partial charge in [0.1, 0.15) is 12.2 Å². The molecule has 146 valence electrons. The number of ether oxygens (including phenoxy) is 4. The van der Waals surface area contributed by atoms with Gasteiger partial charge in [0.15, 0.2) is 11.5 Å². The monoisotopic (exact) mass is 373 g/mol. The van der Waals surface area contributed by atoms with Gasteiger partial charge < -0.3 is 23.8 Å². The predicted octanol–water partition coefficient (Wildman–Crippen LogP) is 2.44. The third kappa shape index (κ3) is 3.11. The number of hydrogen-bond acceptors (Lipinski definition) is 6. The van der Waals surface area contributed by atoms with Gasteiger partial charge in [0, 0.05) is 25.6 Å². The van der Waals surface area contributed by atoms with E-state index in [2.05, 4.69) is 24.1 Å². The molecule has 0 radical (unpaired) electrons. The zero-order valence-corrected chi connectivity index (χ0v) is 16.2. The molecule has 0 saturated heterocycles. The molecule has 0 unspecified atom stereocenters. The van der Waals surface area contributed by atoms with Crippen LogP contribution in [0.4, 0.5) is 0 Å². The zero-order chi connectivity index (χ0) is 19.0. The molecule has 2 aliphatic heterocycles. The third-order valence-electron chi connectivity index (χ3n) is 5.92. The van der Waals surface area contributed by atoms with E-state index in [1.54, 1.807) is 14.2 Å². The van der Waals surface area contributed by atoms with Crippen LogP contribution in [0, 0.1) is 0 Å². The van der Waals surface area contributed by atoms with Gasteiger partial charge in [-0.05, 0) is 37.7 Å². The molecule has 6 nitrogen and oxygen atoms in total. The van der Waals surface area contributed by atoms with Crippen molar-refractivity contribution in [2.75, 3.05) is 34.4 Å². The molecule has 0 N–H and O–H groups in total. The number of carbonyl (C=O) groups excluding carboxylic acids is 1. The summed E-state index contributed by atoms with van der Waals surface area (Å²) in [5.41, 5.74) is 2.35. The summed E-state index contributed by atoms with van der Waals surface area (Å²) in [5, 5.41) is 0. The fourth-order valence-electron chi connectivity index (χ4n) is 4.57. The van der Waals surface area contributed by atoms with Crippen LogP contribution < -0.4 is 9.47 Å². The lowest BCUT2D eigenvalue weighted by Crippen LogP contribution is -2.43. The normalized spacial score (nSPS) is 28.7. The molecule has 1 aliphatic carbocycles. The van der Waals surface area contributed by atoms with E-state index >= 15 is 0 Å². The second-order valence-electron chi connectivity index (χ2n) is 7.63. The maximum atomic E-state index is 12.0. The molecule has 0 bridgehead atoms. The molecule has 0 aromatic heterocycles. The van der Waals surface area contributed by atoms with Crippen molar-refractivity contribution in [3.63, 3.8) is 0 Å². The van der Waals surface area contributed by atoms with Crippen molar-refractivity contribution in [2.24, 2.45) is 0 Å². The summed E-state index contributed by atoms with van der Waals surface area (Å²) < 4.78 is 22.6. The summed E-state index contributed by atoms with van der Waals surface area (Å²) in [6.45, 7) is 2.25. The Morgan fingerprint density at radius 1 is 1.37 bits per heavy atom. The van der Waals surface area contributed by atoms with Crippen molar-refractivity contribution >= 4 is 5.97 Å². The highest BCUT2D eigenvalue weighted by Crippen LogP contribution is 2.55. The van der Waals surface area contributed by atoms with Gasteiger partial charge in [-0.3, -0.25) is 4.79 Å². The Balaban J connectivity index is 1.66. The van der Waals surface area contributed by atoms with Crippen molar-refractivity contribution in [1.29, 1.82) is 0 Å². The number of rotatable bonds is 5. The van der Waals surface area contributed by atoms with Crippen LogP contribution in [0.1, 0.15) is 30.4 Å². The second kappa shape index (κ2) is 7.17. The SMILES string of the molecule is COCCC(=O)O[C@H]1C=C[C@@]23CCN(C)Cc4ccc(OC)c(c42)O[C@H]3C1. The van der Waals surface area contributed by atoms with E-state index in [1.807, 2.05) is 12.1 Å². The number of nitrogens with zero attached hydrogens (tertiary/aromatic N) is 1. The first-order valence-corrected chi connectivity index (χ1v) is 9.50. The Kier molecular flexibility index (Phi) is 4.86. The second-order valence-corrected chi connectivity index (χ2v) is 7.63. The van der Waals surface area contributed by atoms with Gasteiger partial charge >= 0.3 is 5.97 Å². The molecule has 0 fully saturated rings. The summed E-state index contributed by atoms with van der Waals surface area (Å²) in [7, 11) is 5.40. The highest BCUT2D eigenvalue weighted by atomic mass is 16.6. The van der Waals surface area contributed by atoms with Gasteiger partial charge in [-0.15, -0.1) is 0 Å². The molecule has 1 aromatic rings. The first-order chi connectivity index (χ1) is 13.1. The lowest BCUT2D eigenvalue weighted by Gasteiger charge is -2.36. The minimum atomic E-state index is -0.269. The number of methoxy groups -OCH3 is 2. The molecule has 3 atom stereocenters. The maximum Gasteiger partial charge on any atom is 0.308 e. The van der Waals surface area contributed by atoms with Crippen molar-refractivity contribution in [3.05, 3.63) is 35.4 Å². The minimum absolute atomic E-state index is 0.0562. The molecular formula is C21H27NO5. The smallest absolute Gasteiger partial charge is 0.308 e. The van der Waals surface area contributed by atoms with Gasteiger partial charge in [-0.25, -0.2) is 0 Å². The fourth-order valence-corrected chi connectivity index (χ4v) is 4.57. The molecule has 3 aliphatic rings. The van der Waals surface area contributed by atoms with Gasteiger partial charge in [0.2, 0.25) is 0 Å². The van der Waals surface area contributed by atoms with Crippen LogP contribution in [0.15, 0.2) is 24.3 Å². The van der Waals surface area contributed by atoms with E-state index in [4.69, 9.17) is 18.9 Å². The highest BCUT2D eigenvalue weighted by Gasteiger charge is 2.53. The van der Waals surface area contributed by atoms with E-state index in [0.717, 1.165) is 31.0 Å². The molecule has 0 amide bonds. The Morgan fingerprint density at radius 2 is 2.22 bits per heavy atom. The standard InChI is InChI=1S/C21H27NO5/c1-22-10-9-21-8-6-15(26-18(23)7-11-24-2)12-17(21)27-20-16(25-3)5-4-14(13-22)19(20)21/h4-6,8,15,17H,7,9-13H2,1-3H3/t15-,17-,21-/m0/s1. The molecule has 0 saturated carbocycles. The lowest BCUT2D eigenvalue weighted by atomic mass is 9.69. The van der Waals surface area contributed by atoms with Crippen LogP contribution in [0.3, 0.4) is 0 Å². The Hall–Kier alpha value is -2.05. The zero-order valence-electron chi connectivity index (χ0n) is 16.2. The fraction of sp³-hybridized carbons (Fsp3) is 0.571. The number of carbonyl (C=O) groups is 1. The summed E-state index contributed by atoms with van der Waals surface area (Å²) >= 11 is 0. The first kappa shape index (κ1) is 18.3. The van der Waals surface area contributed by atoms with Gasteiger partial charge in [0.25, 0.3) is 0 Å². The average molecular weight is 373 g/mol. The number of benzene rings is 1. The van der Waals surface area contributed by atoms with Crippen LogP contribution in [-0.2, 0) is 26.2 Å². The van der Waals surface area contributed by atoms with E-state index < -0.39 is 0 Å². The molecule has 4 rings (SSSR count). The number of hydrogen-bond donors (Lipinski definition) is 0. The van der Waals surface area contributed by atoms with Gasteiger partial charge in [-0.2, -0.15) is 0 Å². The van der Waals surface area contributed by atoms with Crippen LogP contribution in [-0.4, -0.2) is 57.5 Å². The molecule has 1 aromatic carbocycles. The van der Waals surface area contributed by atoms with Crippen LogP contribution in [0.25, 0.3) is 0 Å². The van der Waals surface area contributed by atoms with Crippen LogP contribution >= 0.6 is 0 Å².